The number of hydrogen-bond acceptors (Lipinski definition) is 3. The highest BCUT2D eigenvalue weighted by atomic mass is 35.5. The van der Waals surface area contributed by atoms with Crippen molar-refractivity contribution < 1.29 is 0 Å². The van der Waals surface area contributed by atoms with Crippen LogP contribution in [0.25, 0.3) is 0 Å². The molecule has 1 unspecified atom stereocenters. The average molecular weight is 304 g/mol. The minimum atomic E-state index is 0.109. The summed E-state index contributed by atoms with van der Waals surface area (Å²) >= 11 is 6.37. The van der Waals surface area contributed by atoms with E-state index in [1.165, 1.54) is 5.57 Å². The molecule has 0 aromatic heterocycles. The number of halogens is 1. The van der Waals surface area contributed by atoms with Gasteiger partial charge < -0.3 is 11.1 Å². The summed E-state index contributed by atoms with van der Waals surface area (Å²) in [5, 5.41) is 4.32. The number of nitrogens with zero attached hydrogens (tertiary/aromatic N) is 1. The Balaban J connectivity index is 2.23. The van der Waals surface area contributed by atoms with E-state index in [2.05, 4.69) is 22.5 Å². The highest BCUT2D eigenvalue weighted by molar-refractivity contribution is 6.31. The molecule has 1 aromatic carbocycles. The molecule has 0 spiro atoms. The molecule has 3 N–H and O–H groups in total. The van der Waals surface area contributed by atoms with Gasteiger partial charge in [-0.05, 0) is 49.2 Å². The largest absolute Gasteiger partial charge is 0.405 e. The Labute approximate surface area is 131 Å². The first-order valence-electron chi connectivity index (χ1n) is 7.32. The van der Waals surface area contributed by atoms with E-state index >= 15 is 0 Å². The quantitative estimate of drug-likeness (QED) is 0.809. The van der Waals surface area contributed by atoms with E-state index in [0.29, 0.717) is 0 Å². The van der Waals surface area contributed by atoms with E-state index in [9.17, 15) is 0 Å². The van der Waals surface area contributed by atoms with Crippen LogP contribution in [-0.4, -0.2) is 12.4 Å². The van der Waals surface area contributed by atoms with Crippen molar-refractivity contribution in [3.63, 3.8) is 0 Å². The Kier molecular flexibility index (Phi) is 5.88. The first-order chi connectivity index (χ1) is 10.2. The molecule has 0 fully saturated rings. The van der Waals surface area contributed by atoms with Gasteiger partial charge in [0.15, 0.2) is 0 Å². The lowest BCUT2D eigenvalue weighted by Gasteiger charge is -2.22. The SMILES string of the molecule is C/C=C(\C=C/N)CC(NC1=NCCC1)c1ccccc1Cl. The van der Waals surface area contributed by atoms with Crippen LogP contribution in [0.3, 0.4) is 0 Å². The molecule has 1 heterocycles. The standard InChI is InChI=1S/C17H22ClN3/c1-2-13(9-10-19)12-16(21-17-8-5-11-20-17)14-6-3-4-7-15(14)18/h2-4,6-7,9-10,16H,5,8,11-12,19H2,1H3,(H,20,21)/b10-9-,13-2+. The summed E-state index contributed by atoms with van der Waals surface area (Å²) in [5.41, 5.74) is 7.79. The van der Waals surface area contributed by atoms with Crippen LogP contribution in [0.15, 0.2) is 53.2 Å². The molecule has 1 atom stereocenters. The van der Waals surface area contributed by atoms with Gasteiger partial charge in [-0.25, -0.2) is 0 Å². The zero-order valence-corrected chi connectivity index (χ0v) is 13.1. The van der Waals surface area contributed by atoms with Crippen LogP contribution in [0, 0.1) is 0 Å². The molecule has 2 rings (SSSR count). The molecule has 0 aliphatic carbocycles. The molecule has 0 bridgehead atoms. The van der Waals surface area contributed by atoms with E-state index in [4.69, 9.17) is 17.3 Å². The lowest BCUT2D eigenvalue weighted by molar-refractivity contribution is 0.640. The zero-order chi connectivity index (χ0) is 15.1. The van der Waals surface area contributed by atoms with Crippen molar-refractivity contribution >= 4 is 17.4 Å². The number of hydrogen-bond donors (Lipinski definition) is 2. The van der Waals surface area contributed by atoms with Gasteiger partial charge in [0.1, 0.15) is 0 Å². The van der Waals surface area contributed by atoms with Crippen LogP contribution in [-0.2, 0) is 0 Å². The summed E-state index contributed by atoms with van der Waals surface area (Å²) in [5.74, 6) is 1.08. The van der Waals surface area contributed by atoms with Crippen molar-refractivity contribution in [3.05, 3.63) is 58.8 Å². The van der Waals surface area contributed by atoms with Crippen molar-refractivity contribution in [3.8, 4) is 0 Å². The fourth-order valence-electron chi connectivity index (χ4n) is 2.50. The summed E-state index contributed by atoms with van der Waals surface area (Å²) < 4.78 is 0. The van der Waals surface area contributed by atoms with Gasteiger partial charge in [-0.1, -0.05) is 35.9 Å². The number of benzene rings is 1. The smallest absolute Gasteiger partial charge is 0.0968 e. The third-order valence-corrected chi connectivity index (χ3v) is 3.96. The number of allylic oxidation sites excluding steroid dienone is 2. The second kappa shape index (κ2) is 7.89. The number of aliphatic imine (C=N–C) groups is 1. The molecule has 0 saturated carbocycles. The molecule has 1 aliphatic rings. The van der Waals surface area contributed by atoms with Crippen molar-refractivity contribution in [2.75, 3.05) is 6.54 Å². The molecule has 4 heteroatoms. The molecule has 1 aromatic rings. The normalized spacial score (nSPS) is 17.0. The van der Waals surface area contributed by atoms with Gasteiger partial charge in [0.05, 0.1) is 11.9 Å². The van der Waals surface area contributed by atoms with E-state index in [1.54, 1.807) is 6.20 Å². The van der Waals surface area contributed by atoms with E-state index in [0.717, 1.165) is 42.2 Å². The van der Waals surface area contributed by atoms with Crippen LogP contribution < -0.4 is 11.1 Å². The zero-order valence-electron chi connectivity index (χ0n) is 12.3. The van der Waals surface area contributed by atoms with Gasteiger partial charge in [-0.15, -0.1) is 0 Å². The lowest BCUT2D eigenvalue weighted by Crippen LogP contribution is -2.27. The number of nitrogens with one attached hydrogen (secondary N) is 1. The third-order valence-electron chi connectivity index (χ3n) is 3.62. The van der Waals surface area contributed by atoms with Crippen molar-refractivity contribution in [2.45, 2.75) is 32.2 Å². The van der Waals surface area contributed by atoms with E-state index in [-0.39, 0.29) is 6.04 Å². The third kappa shape index (κ3) is 4.36. The molecule has 0 amide bonds. The van der Waals surface area contributed by atoms with Gasteiger partial charge >= 0.3 is 0 Å². The Morgan fingerprint density at radius 3 is 2.90 bits per heavy atom. The van der Waals surface area contributed by atoms with E-state index < -0.39 is 0 Å². The van der Waals surface area contributed by atoms with Gasteiger partial charge in [-0.2, -0.15) is 0 Å². The van der Waals surface area contributed by atoms with Crippen LogP contribution in [0.1, 0.15) is 37.8 Å². The molecule has 0 radical (unpaired) electrons. The summed E-state index contributed by atoms with van der Waals surface area (Å²) in [6.45, 7) is 2.93. The maximum Gasteiger partial charge on any atom is 0.0968 e. The topological polar surface area (TPSA) is 50.4 Å². The predicted octanol–water partition coefficient (Wildman–Crippen LogP) is 3.97. The first-order valence-corrected chi connectivity index (χ1v) is 7.70. The molecular weight excluding hydrogens is 282 g/mol. The second-order valence-corrected chi connectivity index (χ2v) is 5.48. The monoisotopic (exact) mass is 303 g/mol. The van der Waals surface area contributed by atoms with E-state index in [1.807, 2.05) is 31.2 Å². The fraction of sp³-hybridized carbons (Fsp3) is 0.353. The summed E-state index contributed by atoms with van der Waals surface area (Å²) in [7, 11) is 0. The Bertz CT molecular complexity index is 561. The van der Waals surface area contributed by atoms with Gasteiger partial charge in [0.2, 0.25) is 0 Å². The number of amidine groups is 1. The first kappa shape index (κ1) is 15.6. The molecular formula is C17H22ClN3. The average Bonchev–Trinajstić information content (AvgIpc) is 2.99. The molecule has 1 aliphatic heterocycles. The molecule has 0 saturated heterocycles. The van der Waals surface area contributed by atoms with Gasteiger partial charge in [0, 0.05) is 18.0 Å². The molecule has 21 heavy (non-hydrogen) atoms. The minimum absolute atomic E-state index is 0.109. The predicted molar refractivity (Wildman–Crippen MR) is 90.6 cm³/mol. The summed E-state index contributed by atoms with van der Waals surface area (Å²) in [6, 6.07) is 8.07. The minimum Gasteiger partial charge on any atom is -0.405 e. The van der Waals surface area contributed by atoms with Gasteiger partial charge in [-0.3, -0.25) is 4.99 Å². The Morgan fingerprint density at radius 2 is 2.29 bits per heavy atom. The molecule has 3 nitrogen and oxygen atoms in total. The van der Waals surface area contributed by atoms with Crippen molar-refractivity contribution in [2.24, 2.45) is 10.7 Å². The van der Waals surface area contributed by atoms with Crippen molar-refractivity contribution in [1.82, 2.24) is 5.32 Å². The Hall–Kier alpha value is -1.74. The lowest BCUT2D eigenvalue weighted by atomic mass is 9.98. The number of rotatable bonds is 5. The highest BCUT2D eigenvalue weighted by Gasteiger charge is 2.18. The summed E-state index contributed by atoms with van der Waals surface area (Å²) in [6.07, 6.45) is 8.54. The van der Waals surface area contributed by atoms with Crippen LogP contribution >= 0.6 is 11.6 Å². The maximum absolute atomic E-state index is 6.37. The fourth-order valence-corrected chi connectivity index (χ4v) is 2.76. The van der Waals surface area contributed by atoms with Crippen LogP contribution in [0.5, 0.6) is 0 Å². The highest BCUT2D eigenvalue weighted by Crippen LogP contribution is 2.28. The summed E-state index contributed by atoms with van der Waals surface area (Å²) in [4.78, 5) is 4.51. The van der Waals surface area contributed by atoms with Crippen LogP contribution in [0.2, 0.25) is 5.02 Å². The number of nitrogens with two attached hydrogens (primary N) is 1. The Morgan fingerprint density at radius 1 is 1.48 bits per heavy atom. The maximum atomic E-state index is 6.37. The molecule has 112 valence electrons. The second-order valence-electron chi connectivity index (χ2n) is 5.08. The van der Waals surface area contributed by atoms with Gasteiger partial charge in [0.25, 0.3) is 0 Å². The van der Waals surface area contributed by atoms with Crippen molar-refractivity contribution in [1.29, 1.82) is 0 Å². The van der Waals surface area contributed by atoms with Crippen LogP contribution in [0.4, 0.5) is 0 Å².